The molecule has 1 aromatic heterocycles. The normalized spacial score (nSPS) is 22.1. The van der Waals surface area contributed by atoms with Gasteiger partial charge >= 0.3 is 0 Å². The monoisotopic (exact) mass is 533 g/mol. The Labute approximate surface area is 216 Å². The first kappa shape index (κ1) is 25.9. The summed E-state index contributed by atoms with van der Waals surface area (Å²) >= 11 is 0. The Morgan fingerprint density at radius 3 is 2.38 bits per heavy atom. The summed E-state index contributed by atoms with van der Waals surface area (Å²) in [5.41, 5.74) is 0.523. The van der Waals surface area contributed by atoms with E-state index in [1.807, 2.05) is 24.0 Å². The Balaban J connectivity index is 1.31. The minimum Gasteiger partial charge on any atom is -0.477 e. The lowest BCUT2D eigenvalue weighted by molar-refractivity contribution is -0.128. The molecule has 37 heavy (non-hydrogen) atoms. The van der Waals surface area contributed by atoms with Crippen molar-refractivity contribution in [2.75, 3.05) is 18.0 Å². The highest BCUT2D eigenvalue weighted by atomic mass is 32.2. The van der Waals surface area contributed by atoms with Crippen LogP contribution in [-0.2, 0) is 14.8 Å². The summed E-state index contributed by atoms with van der Waals surface area (Å²) in [5.74, 6) is -2.48. The van der Waals surface area contributed by atoms with Gasteiger partial charge in [-0.25, -0.2) is 18.5 Å². The Kier molecular flexibility index (Phi) is 6.24. The summed E-state index contributed by atoms with van der Waals surface area (Å²) in [6.45, 7) is 7.67. The SMILES string of the molecule is Cc1ccc(C2CCC(F)(F)CC2)c(OC2(C(=O)NS(=O)(=O)c3cccc(N4CC(C)(C)C4)n3)CC2)c1. The van der Waals surface area contributed by atoms with E-state index in [-0.39, 0.29) is 29.2 Å². The number of carbonyl (C=O) groups is 1. The van der Waals surface area contributed by atoms with E-state index in [0.29, 0.717) is 37.3 Å². The molecule has 0 spiro atoms. The van der Waals surface area contributed by atoms with Gasteiger partial charge in [0.2, 0.25) is 5.92 Å². The number of sulfonamides is 1. The number of pyridine rings is 1. The zero-order valence-corrected chi connectivity index (χ0v) is 22.2. The number of carbonyl (C=O) groups excluding carboxylic acids is 1. The van der Waals surface area contributed by atoms with E-state index >= 15 is 0 Å². The van der Waals surface area contributed by atoms with Crippen LogP contribution < -0.4 is 14.4 Å². The molecule has 3 aliphatic rings. The standard InChI is InChI=1S/C27H33F2N3O4S/c1-18-7-8-20(19-9-11-27(28,29)12-10-19)21(15-18)36-26(13-14-26)24(33)31-37(34,35)23-6-4-5-22(30-23)32-16-25(2,3)17-32/h4-8,15,19H,9-14,16-17H2,1-3H3,(H,31,33). The number of benzene rings is 1. The van der Waals surface area contributed by atoms with Crippen LogP contribution in [0.25, 0.3) is 0 Å². The molecule has 1 amide bonds. The van der Waals surface area contributed by atoms with Crippen LogP contribution in [0, 0.1) is 12.3 Å². The zero-order chi connectivity index (χ0) is 26.6. The minimum atomic E-state index is -4.22. The molecule has 7 nitrogen and oxygen atoms in total. The zero-order valence-electron chi connectivity index (χ0n) is 21.4. The number of amides is 1. The van der Waals surface area contributed by atoms with E-state index in [1.54, 1.807) is 18.2 Å². The third kappa shape index (κ3) is 5.44. The number of ether oxygens (including phenoxy) is 1. The van der Waals surface area contributed by atoms with Crippen molar-refractivity contribution in [2.24, 2.45) is 5.41 Å². The fourth-order valence-corrected chi connectivity index (χ4v) is 6.27. The van der Waals surface area contributed by atoms with Crippen molar-refractivity contribution < 1.29 is 26.7 Å². The number of hydrogen-bond acceptors (Lipinski definition) is 6. The van der Waals surface area contributed by atoms with Crippen LogP contribution in [0.4, 0.5) is 14.6 Å². The number of nitrogens with zero attached hydrogens (tertiary/aromatic N) is 2. The van der Waals surface area contributed by atoms with Crippen LogP contribution in [-0.4, -0.2) is 43.9 Å². The van der Waals surface area contributed by atoms with E-state index in [2.05, 4.69) is 23.6 Å². The summed E-state index contributed by atoms with van der Waals surface area (Å²) in [6, 6.07) is 10.3. The molecule has 10 heteroatoms. The van der Waals surface area contributed by atoms with E-state index in [9.17, 15) is 22.0 Å². The molecule has 0 unspecified atom stereocenters. The van der Waals surface area contributed by atoms with Crippen molar-refractivity contribution in [2.45, 2.75) is 81.8 Å². The van der Waals surface area contributed by atoms with Gasteiger partial charge in [-0.1, -0.05) is 32.0 Å². The Bertz CT molecular complexity index is 1310. The lowest BCUT2D eigenvalue weighted by atomic mass is 9.81. The number of halogens is 2. The van der Waals surface area contributed by atoms with Crippen LogP contribution in [0.1, 0.15) is 69.4 Å². The Morgan fingerprint density at radius 1 is 1.08 bits per heavy atom. The molecule has 200 valence electrons. The predicted molar refractivity (Wildman–Crippen MR) is 135 cm³/mol. The van der Waals surface area contributed by atoms with E-state index in [4.69, 9.17) is 4.74 Å². The first-order valence-corrected chi connectivity index (χ1v) is 14.2. The van der Waals surface area contributed by atoms with Gasteiger partial charge in [0.1, 0.15) is 11.6 Å². The highest BCUT2D eigenvalue weighted by Crippen LogP contribution is 2.47. The number of anilines is 1. The number of aromatic nitrogens is 1. The summed E-state index contributed by atoms with van der Waals surface area (Å²) in [4.78, 5) is 19.5. The molecular formula is C27H33F2N3O4S. The molecular weight excluding hydrogens is 500 g/mol. The molecule has 3 fully saturated rings. The van der Waals surface area contributed by atoms with Crippen molar-refractivity contribution in [3.8, 4) is 5.75 Å². The van der Waals surface area contributed by atoms with Gasteiger partial charge in [0.05, 0.1) is 0 Å². The van der Waals surface area contributed by atoms with Gasteiger partial charge in [-0.15, -0.1) is 0 Å². The number of alkyl halides is 2. The molecule has 0 atom stereocenters. The highest BCUT2D eigenvalue weighted by molar-refractivity contribution is 7.90. The second-order valence-corrected chi connectivity index (χ2v) is 13.2. The highest BCUT2D eigenvalue weighted by Gasteiger charge is 2.54. The first-order valence-electron chi connectivity index (χ1n) is 12.7. The summed E-state index contributed by atoms with van der Waals surface area (Å²) in [5, 5.41) is -0.224. The quantitative estimate of drug-likeness (QED) is 0.542. The maximum atomic E-state index is 13.7. The number of aryl methyl sites for hydroxylation is 1. The van der Waals surface area contributed by atoms with Crippen molar-refractivity contribution >= 4 is 21.7 Å². The first-order chi connectivity index (χ1) is 17.3. The molecule has 1 N–H and O–H groups in total. The van der Waals surface area contributed by atoms with Crippen LogP contribution in [0.5, 0.6) is 5.75 Å². The fraction of sp³-hybridized carbons (Fsp3) is 0.556. The largest absolute Gasteiger partial charge is 0.477 e. The average Bonchev–Trinajstić information content (AvgIpc) is 3.59. The van der Waals surface area contributed by atoms with Crippen LogP contribution in [0.3, 0.4) is 0 Å². The van der Waals surface area contributed by atoms with Crippen molar-refractivity contribution in [3.05, 3.63) is 47.5 Å². The Morgan fingerprint density at radius 2 is 1.76 bits per heavy atom. The molecule has 2 saturated carbocycles. The summed E-state index contributed by atoms with van der Waals surface area (Å²) in [7, 11) is -4.22. The number of hydrogen-bond donors (Lipinski definition) is 1. The molecule has 2 aromatic rings. The Hall–Kier alpha value is -2.75. The van der Waals surface area contributed by atoms with Gasteiger partial charge in [-0.2, -0.15) is 8.42 Å². The van der Waals surface area contributed by atoms with E-state index in [0.717, 1.165) is 24.2 Å². The maximum absolute atomic E-state index is 13.7. The molecule has 0 radical (unpaired) electrons. The van der Waals surface area contributed by atoms with Gasteiger partial charge in [0, 0.05) is 38.8 Å². The molecule has 1 saturated heterocycles. The second kappa shape index (κ2) is 8.92. The van der Waals surface area contributed by atoms with Gasteiger partial charge in [0.15, 0.2) is 10.6 Å². The molecule has 2 heterocycles. The fourth-order valence-electron chi connectivity index (χ4n) is 5.26. The molecule has 5 rings (SSSR count). The van der Waals surface area contributed by atoms with Crippen molar-refractivity contribution in [1.82, 2.24) is 9.71 Å². The van der Waals surface area contributed by atoms with Crippen LogP contribution in [0.15, 0.2) is 41.4 Å². The molecule has 0 bridgehead atoms. The lowest BCUT2D eigenvalue weighted by Crippen LogP contribution is -2.53. The maximum Gasteiger partial charge on any atom is 0.281 e. The third-order valence-corrected chi connectivity index (χ3v) is 8.75. The summed E-state index contributed by atoms with van der Waals surface area (Å²) < 4.78 is 61.9. The average molecular weight is 534 g/mol. The number of rotatable bonds is 7. The topological polar surface area (TPSA) is 88.6 Å². The molecule has 1 aliphatic heterocycles. The minimum absolute atomic E-state index is 0.101. The smallest absolute Gasteiger partial charge is 0.281 e. The van der Waals surface area contributed by atoms with Crippen LogP contribution in [0.2, 0.25) is 0 Å². The van der Waals surface area contributed by atoms with Crippen LogP contribution >= 0.6 is 0 Å². The van der Waals surface area contributed by atoms with E-state index < -0.39 is 27.5 Å². The van der Waals surface area contributed by atoms with Gasteiger partial charge < -0.3 is 9.64 Å². The van der Waals surface area contributed by atoms with Gasteiger partial charge in [0.25, 0.3) is 15.9 Å². The van der Waals surface area contributed by atoms with E-state index in [1.165, 1.54) is 6.07 Å². The lowest BCUT2D eigenvalue weighted by Gasteiger charge is -2.46. The number of nitrogens with one attached hydrogen (secondary N) is 1. The second-order valence-electron chi connectivity index (χ2n) is 11.6. The van der Waals surface area contributed by atoms with Gasteiger partial charge in [-0.3, -0.25) is 4.79 Å². The van der Waals surface area contributed by atoms with Crippen molar-refractivity contribution in [3.63, 3.8) is 0 Å². The third-order valence-electron chi connectivity index (χ3n) is 7.52. The predicted octanol–water partition coefficient (Wildman–Crippen LogP) is 4.95. The van der Waals surface area contributed by atoms with Crippen molar-refractivity contribution in [1.29, 1.82) is 0 Å². The summed E-state index contributed by atoms with van der Waals surface area (Å²) in [6.07, 6.45) is 1.01. The molecule has 1 aromatic carbocycles. The van der Waals surface area contributed by atoms with Gasteiger partial charge in [-0.05, 0) is 60.4 Å². The molecule has 2 aliphatic carbocycles.